The predicted molar refractivity (Wildman–Crippen MR) is 64.1 cm³/mol. The molecule has 0 spiro atoms. The van der Waals surface area contributed by atoms with Crippen LogP contribution in [-0.2, 0) is 6.54 Å². The van der Waals surface area contributed by atoms with Gasteiger partial charge in [-0.1, -0.05) is 11.6 Å². The lowest BCUT2D eigenvalue weighted by Crippen LogP contribution is -2.04. The Bertz CT molecular complexity index is 513. The number of imidazole rings is 1. The second-order valence-corrected chi connectivity index (χ2v) is 3.82. The van der Waals surface area contributed by atoms with Crippen LogP contribution in [0.1, 0.15) is 0 Å². The number of methoxy groups -OCH3 is 1. The van der Waals surface area contributed by atoms with Gasteiger partial charge in [-0.15, -0.1) is 0 Å². The Balaban J connectivity index is 2.44. The van der Waals surface area contributed by atoms with Gasteiger partial charge in [0.1, 0.15) is 5.69 Å². The third-order valence-corrected chi connectivity index (χ3v) is 2.48. The summed E-state index contributed by atoms with van der Waals surface area (Å²) >= 11 is 5.97. The quantitative estimate of drug-likeness (QED) is 0.899. The zero-order chi connectivity index (χ0) is 12.3. The number of aliphatic hydroxyl groups excluding tert-OH is 1. The number of hydrogen-bond donors (Lipinski definition) is 1. The molecule has 17 heavy (non-hydrogen) atoms. The summed E-state index contributed by atoms with van der Waals surface area (Å²) in [6.45, 7) is 0.507. The van der Waals surface area contributed by atoms with Crippen LogP contribution in [0.4, 0.5) is 0 Å². The van der Waals surface area contributed by atoms with E-state index in [2.05, 4.69) is 9.97 Å². The molecule has 0 saturated carbocycles. The van der Waals surface area contributed by atoms with Gasteiger partial charge in [0, 0.05) is 30.0 Å². The van der Waals surface area contributed by atoms with Crippen molar-refractivity contribution in [2.24, 2.45) is 0 Å². The average Bonchev–Trinajstić information content (AvgIpc) is 2.77. The summed E-state index contributed by atoms with van der Waals surface area (Å²) < 4.78 is 6.86. The molecule has 0 aromatic carbocycles. The molecule has 0 atom stereocenters. The Morgan fingerprint density at radius 2 is 2.29 bits per heavy atom. The first kappa shape index (κ1) is 11.9. The molecule has 2 heterocycles. The van der Waals surface area contributed by atoms with E-state index in [1.165, 1.54) is 7.11 Å². The molecule has 0 aliphatic heterocycles. The van der Waals surface area contributed by atoms with Crippen LogP contribution < -0.4 is 4.74 Å². The zero-order valence-electron chi connectivity index (χ0n) is 9.30. The standard InChI is InChI=1S/C11H12ClN3O2/c1-17-10-7-8(12)6-9(14-10)11-13-2-3-15(11)4-5-16/h2-3,6-7,16H,4-5H2,1H3. The molecular weight excluding hydrogens is 242 g/mol. The maximum absolute atomic E-state index is 8.94. The van der Waals surface area contributed by atoms with Crippen molar-refractivity contribution in [1.82, 2.24) is 14.5 Å². The topological polar surface area (TPSA) is 60.2 Å². The average molecular weight is 254 g/mol. The summed E-state index contributed by atoms with van der Waals surface area (Å²) in [5.41, 5.74) is 0.618. The summed E-state index contributed by atoms with van der Waals surface area (Å²) in [7, 11) is 1.53. The minimum Gasteiger partial charge on any atom is -0.481 e. The highest BCUT2D eigenvalue weighted by Crippen LogP contribution is 2.23. The fourth-order valence-corrected chi connectivity index (χ4v) is 1.72. The fraction of sp³-hybridized carbons (Fsp3) is 0.273. The summed E-state index contributed by atoms with van der Waals surface area (Å²) in [4.78, 5) is 8.46. The van der Waals surface area contributed by atoms with Crippen LogP contribution in [0.15, 0.2) is 24.5 Å². The smallest absolute Gasteiger partial charge is 0.215 e. The molecule has 0 fully saturated rings. The second-order valence-electron chi connectivity index (χ2n) is 3.38. The van der Waals surface area contributed by atoms with Crippen molar-refractivity contribution in [3.63, 3.8) is 0 Å². The molecule has 1 N–H and O–H groups in total. The number of aromatic nitrogens is 3. The fourth-order valence-electron chi connectivity index (χ4n) is 1.52. The van der Waals surface area contributed by atoms with E-state index in [0.717, 1.165) is 0 Å². The summed E-state index contributed by atoms with van der Waals surface area (Å²) in [5.74, 6) is 1.09. The molecule has 0 unspecified atom stereocenters. The molecule has 0 amide bonds. The molecule has 2 aromatic rings. The van der Waals surface area contributed by atoms with Crippen molar-refractivity contribution in [1.29, 1.82) is 0 Å². The highest BCUT2D eigenvalue weighted by Gasteiger charge is 2.09. The SMILES string of the molecule is COc1cc(Cl)cc(-c2nccn2CCO)n1. The summed E-state index contributed by atoms with van der Waals surface area (Å²) in [6.07, 6.45) is 3.43. The molecule has 0 aliphatic carbocycles. The van der Waals surface area contributed by atoms with E-state index in [4.69, 9.17) is 21.4 Å². The van der Waals surface area contributed by atoms with E-state index in [9.17, 15) is 0 Å². The van der Waals surface area contributed by atoms with Crippen LogP contribution in [0, 0.1) is 0 Å². The predicted octanol–water partition coefficient (Wildman–Crippen LogP) is 1.60. The second kappa shape index (κ2) is 5.16. The Morgan fingerprint density at radius 1 is 1.47 bits per heavy atom. The normalized spacial score (nSPS) is 10.5. The van der Waals surface area contributed by atoms with Gasteiger partial charge in [-0.2, -0.15) is 0 Å². The van der Waals surface area contributed by atoms with Crippen molar-refractivity contribution in [3.8, 4) is 17.4 Å². The van der Waals surface area contributed by atoms with Gasteiger partial charge in [0.15, 0.2) is 5.82 Å². The van der Waals surface area contributed by atoms with E-state index in [-0.39, 0.29) is 6.61 Å². The van der Waals surface area contributed by atoms with Gasteiger partial charge in [-0.3, -0.25) is 0 Å². The number of nitrogens with zero attached hydrogens (tertiary/aromatic N) is 3. The molecule has 2 aromatic heterocycles. The summed E-state index contributed by atoms with van der Waals surface area (Å²) in [6, 6.07) is 3.34. The van der Waals surface area contributed by atoms with E-state index in [1.54, 1.807) is 29.1 Å². The van der Waals surface area contributed by atoms with Crippen LogP contribution >= 0.6 is 11.6 Å². The van der Waals surface area contributed by atoms with Gasteiger partial charge >= 0.3 is 0 Å². The van der Waals surface area contributed by atoms with E-state index >= 15 is 0 Å². The maximum Gasteiger partial charge on any atom is 0.215 e. The van der Waals surface area contributed by atoms with Crippen molar-refractivity contribution in [2.75, 3.05) is 13.7 Å². The van der Waals surface area contributed by atoms with Crippen LogP contribution in [0.2, 0.25) is 5.02 Å². The van der Waals surface area contributed by atoms with E-state index < -0.39 is 0 Å². The van der Waals surface area contributed by atoms with Gasteiger partial charge in [0.2, 0.25) is 5.88 Å². The first-order valence-corrected chi connectivity index (χ1v) is 5.46. The first-order chi connectivity index (χ1) is 8.24. The van der Waals surface area contributed by atoms with Gasteiger partial charge in [-0.05, 0) is 6.07 Å². The third-order valence-electron chi connectivity index (χ3n) is 2.26. The number of aliphatic hydroxyl groups is 1. The van der Waals surface area contributed by atoms with Crippen LogP contribution in [0.5, 0.6) is 5.88 Å². The van der Waals surface area contributed by atoms with Crippen molar-refractivity contribution in [3.05, 3.63) is 29.5 Å². The molecule has 0 radical (unpaired) electrons. The highest BCUT2D eigenvalue weighted by atomic mass is 35.5. The maximum atomic E-state index is 8.94. The lowest BCUT2D eigenvalue weighted by Gasteiger charge is -2.07. The molecule has 5 nitrogen and oxygen atoms in total. The van der Waals surface area contributed by atoms with E-state index in [0.29, 0.717) is 29.0 Å². The van der Waals surface area contributed by atoms with Crippen molar-refractivity contribution in [2.45, 2.75) is 6.54 Å². The minimum atomic E-state index is 0.0427. The first-order valence-electron chi connectivity index (χ1n) is 5.08. The van der Waals surface area contributed by atoms with Gasteiger partial charge in [0.05, 0.1) is 13.7 Å². The Morgan fingerprint density at radius 3 is 3.00 bits per heavy atom. The van der Waals surface area contributed by atoms with E-state index in [1.807, 2.05) is 0 Å². The lowest BCUT2D eigenvalue weighted by atomic mass is 10.3. The molecule has 0 bridgehead atoms. The minimum absolute atomic E-state index is 0.0427. The Kier molecular flexibility index (Phi) is 3.61. The van der Waals surface area contributed by atoms with Crippen molar-refractivity contribution < 1.29 is 9.84 Å². The number of pyridine rings is 1. The van der Waals surface area contributed by atoms with Gasteiger partial charge < -0.3 is 14.4 Å². The van der Waals surface area contributed by atoms with Crippen LogP contribution in [-0.4, -0.2) is 33.4 Å². The zero-order valence-corrected chi connectivity index (χ0v) is 10.1. The monoisotopic (exact) mass is 253 g/mol. The molecule has 90 valence electrons. The number of halogens is 1. The highest BCUT2D eigenvalue weighted by molar-refractivity contribution is 6.30. The van der Waals surface area contributed by atoms with Crippen LogP contribution in [0.3, 0.4) is 0 Å². The molecule has 6 heteroatoms. The number of hydrogen-bond acceptors (Lipinski definition) is 4. The number of ether oxygens (including phenoxy) is 1. The van der Waals surface area contributed by atoms with Gasteiger partial charge in [-0.25, -0.2) is 9.97 Å². The van der Waals surface area contributed by atoms with Gasteiger partial charge in [0.25, 0.3) is 0 Å². The Hall–Kier alpha value is -1.59. The molecule has 0 aliphatic rings. The summed E-state index contributed by atoms with van der Waals surface area (Å²) in [5, 5.41) is 9.48. The molecule has 0 saturated heterocycles. The van der Waals surface area contributed by atoms with Crippen molar-refractivity contribution >= 4 is 11.6 Å². The van der Waals surface area contributed by atoms with Crippen LogP contribution in [0.25, 0.3) is 11.5 Å². The largest absolute Gasteiger partial charge is 0.481 e. The lowest BCUT2D eigenvalue weighted by molar-refractivity contribution is 0.276. The molecular formula is C11H12ClN3O2. The third kappa shape index (κ3) is 2.57. The number of rotatable bonds is 4. The Labute approximate surface area is 104 Å². The molecule has 2 rings (SSSR count).